The summed E-state index contributed by atoms with van der Waals surface area (Å²) in [6, 6.07) is 7.45. The normalized spacial score (nSPS) is 10.2. The Labute approximate surface area is 116 Å². The third-order valence-corrected chi connectivity index (χ3v) is 2.98. The highest BCUT2D eigenvalue weighted by Gasteiger charge is 2.12. The first-order valence-corrected chi connectivity index (χ1v) is 6.12. The maximum absolute atomic E-state index is 13.5. The van der Waals surface area contributed by atoms with Crippen molar-refractivity contribution >= 4 is 39.1 Å². The van der Waals surface area contributed by atoms with E-state index in [-0.39, 0.29) is 16.4 Å². The van der Waals surface area contributed by atoms with Gasteiger partial charge in [0.1, 0.15) is 11.0 Å². The Morgan fingerprint density at radius 3 is 2.83 bits per heavy atom. The van der Waals surface area contributed by atoms with E-state index < -0.39 is 11.7 Å². The molecule has 0 fully saturated rings. The number of halogens is 3. The molecule has 3 nitrogen and oxygen atoms in total. The summed E-state index contributed by atoms with van der Waals surface area (Å²) in [7, 11) is 0. The molecule has 0 bridgehead atoms. The Kier molecular flexibility index (Phi) is 3.93. The molecule has 0 aliphatic heterocycles. The minimum absolute atomic E-state index is 0.0764. The lowest BCUT2D eigenvalue weighted by Gasteiger charge is -2.07. The van der Waals surface area contributed by atoms with Crippen LogP contribution in [0.5, 0.6) is 0 Å². The zero-order valence-electron chi connectivity index (χ0n) is 8.95. The van der Waals surface area contributed by atoms with Crippen LogP contribution < -0.4 is 5.32 Å². The Morgan fingerprint density at radius 2 is 2.17 bits per heavy atom. The van der Waals surface area contributed by atoms with Crippen LogP contribution in [0.25, 0.3) is 0 Å². The Bertz CT molecular complexity index is 606. The molecule has 0 saturated heterocycles. The van der Waals surface area contributed by atoms with Crippen LogP contribution in [0.3, 0.4) is 0 Å². The number of nitrogens with zero attached hydrogens (tertiary/aromatic N) is 1. The van der Waals surface area contributed by atoms with Crippen LogP contribution in [0.1, 0.15) is 10.4 Å². The van der Waals surface area contributed by atoms with Crippen molar-refractivity contribution in [2.75, 3.05) is 5.32 Å². The first-order chi connectivity index (χ1) is 8.58. The number of nitrogens with one attached hydrogen (secondary N) is 1. The van der Waals surface area contributed by atoms with Gasteiger partial charge >= 0.3 is 0 Å². The zero-order valence-corrected chi connectivity index (χ0v) is 11.3. The van der Waals surface area contributed by atoms with E-state index in [0.29, 0.717) is 4.47 Å². The van der Waals surface area contributed by atoms with Crippen molar-refractivity contribution in [2.24, 2.45) is 0 Å². The molecule has 1 N–H and O–H groups in total. The van der Waals surface area contributed by atoms with Gasteiger partial charge in [-0.2, -0.15) is 0 Å². The van der Waals surface area contributed by atoms with Gasteiger partial charge in [0.2, 0.25) is 0 Å². The third kappa shape index (κ3) is 2.86. The van der Waals surface area contributed by atoms with Crippen LogP contribution in [-0.2, 0) is 0 Å². The maximum Gasteiger partial charge on any atom is 0.258 e. The van der Waals surface area contributed by atoms with Crippen molar-refractivity contribution in [1.82, 2.24) is 4.98 Å². The van der Waals surface area contributed by atoms with Crippen LogP contribution in [0, 0.1) is 5.82 Å². The van der Waals surface area contributed by atoms with Crippen LogP contribution >= 0.6 is 27.5 Å². The number of hydrogen-bond donors (Lipinski definition) is 1. The van der Waals surface area contributed by atoms with Crippen molar-refractivity contribution in [3.8, 4) is 0 Å². The number of anilines is 1. The predicted molar refractivity (Wildman–Crippen MR) is 71.3 cm³/mol. The van der Waals surface area contributed by atoms with Gasteiger partial charge in [0.05, 0.1) is 11.3 Å². The topological polar surface area (TPSA) is 42.0 Å². The molecule has 0 saturated carbocycles. The molecule has 1 heterocycles. The fraction of sp³-hybridized carbons (Fsp3) is 0. The van der Waals surface area contributed by atoms with Gasteiger partial charge < -0.3 is 5.32 Å². The highest BCUT2D eigenvalue weighted by molar-refractivity contribution is 9.10. The highest BCUT2D eigenvalue weighted by Crippen LogP contribution is 2.21. The number of carbonyl (C=O) groups is 1. The predicted octanol–water partition coefficient (Wildman–Crippen LogP) is 3.89. The Morgan fingerprint density at radius 1 is 1.39 bits per heavy atom. The Hall–Kier alpha value is -1.46. The SMILES string of the molecule is O=C(Nc1ccc(Br)cc1F)c1cccnc1Cl. The molecule has 0 spiro atoms. The molecule has 2 rings (SSSR count). The highest BCUT2D eigenvalue weighted by atomic mass is 79.9. The summed E-state index contributed by atoms with van der Waals surface area (Å²) in [6.07, 6.45) is 1.47. The number of carbonyl (C=O) groups excluding carboxylic acids is 1. The van der Waals surface area contributed by atoms with E-state index in [1.54, 1.807) is 12.1 Å². The van der Waals surface area contributed by atoms with Crippen LogP contribution in [-0.4, -0.2) is 10.9 Å². The average molecular weight is 330 g/mol. The van der Waals surface area contributed by atoms with Gasteiger partial charge in [-0.05, 0) is 30.3 Å². The molecule has 0 unspecified atom stereocenters. The van der Waals surface area contributed by atoms with E-state index in [0.717, 1.165) is 0 Å². The molecule has 2 aromatic rings. The molecule has 18 heavy (non-hydrogen) atoms. The minimum Gasteiger partial charge on any atom is -0.319 e. The zero-order chi connectivity index (χ0) is 13.1. The summed E-state index contributed by atoms with van der Waals surface area (Å²) in [6.45, 7) is 0. The van der Waals surface area contributed by atoms with Gasteiger partial charge in [-0.3, -0.25) is 4.79 Å². The number of benzene rings is 1. The molecule has 0 aliphatic rings. The number of rotatable bonds is 2. The van der Waals surface area contributed by atoms with Gasteiger partial charge in [0.25, 0.3) is 5.91 Å². The van der Waals surface area contributed by atoms with E-state index in [4.69, 9.17) is 11.6 Å². The molecular formula is C12H7BrClFN2O. The van der Waals surface area contributed by atoms with Crippen molar-refractivity contribution in [3.05, 3.63) is 57.5 Å². The lowest BCUT2D eigenvalue weighted by molar-refractivity contribution is 0.102. The number of aromatic nitrogens is 1. The second-order valence-electron chi connectivity index (χ2n) is 3.42. The van der Waals surface area contributed by atoms with Crippen LogP contribution in [0.15, 0.2) is 41.0 Å². The molecule has 0 atom stereocenters. The van der Waals surface area contributed by atoms with Crippen molar-refractivity contribution < 1.29 is 9.18 Å². The van der Waals surface area contributed by atoms with Crippen molar-refractivity contribution in [2.45, 2.75) is 0 Å². The van der Waals surface area contributed by atoms with Gasteiger partial charge in [-0.1, -0.05) is 27.5 Å². The summed E-state index contributed by atoms with van der Waals surface area (Å²) in [4.78, 5) is 15.6. The first kappa shape index (κ1) is 13.0. The van der Waals surface area contributed by atoms with Crippen LogP contribution in [0.2, 0.25) is 5.15 Å². The van der Waals surface area contributed by atoms with Gasteiger partial charge in [-0.25, -0.2) is 9.37 Å². The summed E-state index contributed by atoms with van der Waals surface area (Å²) < 4.78 is 14.1. The molecule has 0 aliphatic carbocycles. The van der Waals surface area contributed by atoms with Gasteiger partial charge in [0.15, 0.2) is 0 Å². The third-order valence-electron chi connectivity index (χ3n) is 2.18. The number of hydrogen-bond acceptors (Lipinski definition) is 2. The molecule has 6 heteroatoms. The summed E-state index contributed by atoms with van der Waals surface area (Å²) in [5, 5.41) is 2.51. The number of pyridine rings is 1. The van der Waals surface area contributed by atoms with Crippen molar-refractivity contribution in [1.29, 1.82) is 0 Å². The monoisotopic (exact) mass is 328 g/mol. The molecule has 92 valence electrons. The summed E-state index contributed by atoms with van der Waals surface area (Å²) >= 11 is 8.91. The van der Waals surface area contributed by atoms with Crippen molar-refractivity contribution in [3.63, 3.8) is 0 Å². The second-order valence-corrected chi connectivity index (χ2v) is 4.69. The van der Waals surface area contributed by atoms with Gasteiger partial charge in [0, 0.05) is 10.7 Å². The quantitative estimate of drug-likeness (QED) is 0.849. The fourth-order valence-electron chi connectivity index (χ4n) is 1.34. The van der Waals surface area contributed by atoms with E-state index in [9.17, 15) is 9.18 Å². The summed E-state index contributed by atoms with van der Waals surface area (Å²) in [5.41, 5.74) is 0.282. The second kappa shape index (κ2) is 5.46. The molecule has 1 aromatic heterocycles. The molecule has 1 amide bonds. The van der Waals surface area contributed by atoms with E-state index >= 15 is 0 Å². The first-order valence-electron chi connectivity index (χ1n) is 4.95. The maximum atomic E-state index is 13.5. The van der Waals surface area contributed by atoms with E-state index in [1.807, 2.05) is 0 Å². The van der Waals surface area contributed by atoms with E-state index in [2.05, 4.69) is 26.2 Å². The van der Waals surface area contributed by atoms with Gasteiger partial charge in [-0.15, -0.1) is 0 Å². The lowest BCUT2D eigenvalue weighted by atomic mass is 10.2. The standard InChI is InChI=1S/C12H7BrClFN2O/c13-7-3-4-10(9(15)6-7)17-12(18)8-2-1-5-16-11(8)14/h1-6H,(H,17,18). The molecule has 1 aromatic carbocycles. The summed E-state index contributed by atoms with van der Waals surface area (Å²) in [5.74, 6) is -1.04. The van der Waals surface area contributed by atoms with Crippen LogP contribution in [0.4, 0.5) is 10.1 Å². The lowest BCUT2D eigenvalue weighted by Crippen LogP contribution is -2.13. The van der Waals surface area contributed by atoms with E-state index in [1.165, 1.54) is 24.4 Å². The fourth-order valence-corrected chi connectivity index (χ4v) is 1.87. The largest absolute Gasteiger partial charge is 0.319 e. The average Bonchev–Trinajstić information content (AvgIpc) is 2.33. The number of amides is 1. The minimum atomic E-state index is -0.530. The Balaban J connectivity index is 2.24. The molecular weight excluding hydrogens is 322 g/mol. The smallest absolute Gasteiger partial charge is 0.258 e. The molecule has 0 radical (unpaired) electrons.